The highest BCUT2D eigenvalue weighted by Gasteiger charge is 2.11. The molecule has 0 amide bonds. The Labute approximate surface area is 129 Å². The van der Waals surface area contributed by atoms with Crippen molar-refractivity contribution in [1.29, 1.82) is 0 Å². The Kier molecular flexibility index (Phi) is 4.74. The third-order valence-corrected chi connectivity index (χ3v) is 3.51. The van der Waals surface area contributed by atoms with Gasteiger partial charge in [-0.2, -0.15) is 0 Å². The number of anilines is 1. The molecule has 0 fully saturated rings. The molecular formula is C14H12BrFN2O3. The van der Waals surface area contributed by atoms with Gasteiger partial charge in [0.25, 0.3) is 5.69 Å². The van der Waals surface area contributed by atoms with E-state index in [2.05, 4.69) is 21.2 Å². The zero-order valence-electron chi connectivity index (χ0n) is 11.1. The van der Waals surface area contributed by atoms with Gasteiger partial charge in [-0.1, -0.05) is 6.07 Å². The van der Waals surface area contributed by atoms with Crippen LogP contribution in [0.15, 0.2) is 40.9 Å². The molecule has 0 unspecified atom stereocenters. The van der Waals surface area contributed by atoms with E-state index >= 15 is 0 Å². The molecule has 21 heavy (non-hydrogen) atoms. The number of hydrogen-bond donors (Lipinski definition) is 1. The maximum atomic E-state index is 13.4. The number of rotatable bonds is 5. The fourth-order valence-electron chi connectivity index (χ4n) is 1.79. The van der Waals surface area contributed by atoms with Gasteiger partial charge in [0.05, 0.1) is 28.3 Å². The number of nitrogens with zero attached hydrogens (tertiary/aromatic N) is 1. The standard InChI is InChI=1S/C14H12BrFN2O3/c1-21-14-7-10(18(19)20)3-5-13(14)17-8-9-2-4-11(15)12(16)6-9/h2-7,17H,8H2,1H3. The monoisotopic (exact) mass is 354 g/mol. The molecule has 2 rings (SSSR count). The molecule has 0 saturated heterocycles. The average molecular weight is 355 g/mol. The Bertz CT molecular complexity index is 679. The zero-order valence-corrected chi connectivity index (χ0v) is 12.7. The Hall–Kier alpha value is -2.15. The second kappa shape index (κ2) is 6.53. The normalized spacial score (nSPS) is 10.2. The van der Waals surface area contributed by atoms with Crippen molar-refractivity contribution in [2.24, 2.45) is 0 Å². The number of benzene rings is 2. The summed E-state index contributed by atoms with van der Waals surface area (Å²) in [4.78, 5) is 10.2. The van der Waals surface area contributed by atoms with Crippen molar-refractivity contribution in [3.8, 4) is 5.75 Å². The van der Waals surface area contributed by atoms with Crippen molar-refractivity contribution < 1.29 is 14.1 Å². The summed E-state index contributed by atoms with van der Waals surface area (Å²) in [6.45, 7) is 0.373. The van der Waals surface area contributed by atoms with Gasteiger partial charge in [-0.3, -0.25) is 10.1 Å². The molecule has 7 heteroatoms. The topological polar surface area (TPSA) is 64.4 Å². The fraction of sp³-hybridized carbons (Fsp3) is 0.143. The van der Waals surface area contributed by atoms with Crippen LogP contribution in [0.4, 0.5) is 15.8 Å². The predicted octanol–water partition coefficient (Wildman–Crippen LogP) is 4.12. The number of halogens is 2. The molecular weight excluding hydrogens is 343 g/mol. The molecule has 0 aliphatic heterocycles. The predicted molar refractivity (Wildman–Crippen MR) is 81.1 cm³/mol. The van der Waals surface area contributed by atoms with Gasteiger partial charge in [0.1, 0.15) is 11.6 Å². The number of nitro groups is 1. The Morgan fingerprint density at radius 3 is 2.71 bits per heavy atom. The van der Waals surface area contributed by atoms with Crippen LogP contribution < -0.4 is 10.1 Å². The molecule has 0 spiro atoms. The van der Waals surface area contributed by atoms with Gasteiger partial charge >= 0.3 is 0 Å². The maximum Gasteiger partial charge on any atom is 0.273 e. The number of ether oxygens (including phenoxy) is 1. The lowest BCUT2D eigenvalue weighted by molar-refractivity contribution is -0.384. The number of nitro benzene ring substituents is 1. The van der Waals surface area contributed by atoms with Crippen molar-refractivity contribution in [3.05, 3.63) is 62.4 Å². The number of nitrogens with one attached hydrogen (secondary N) is 1. The molecule has 110 valence electrons. The van der Waals surface area contributed by atoms with Crippen LogP contribution in [0, 0.1) is 15.9 Å². The minimum Gasteiger partial charge on any atom is -0.494 e. The molecule has 2 aromatic rings. The number of methoxy groups -OCH3 is 1. The van der Waals surface area contributed by atoms with Crippen molar-refractivity contribution in [2.75, 3.05) is 12.4 Å². The van der Waals surface area contributed by atoms with Crippen molar-refractivity contribution in [1.82, 2.24) is 0 Å². The third-order valence-electron chi connectivity index (χ3n) is 2.86. The van der Waals surface area contributed by atoms with E-state index in [4.69, 9.17) is 4.74 Å². The molecule has 0 heterocycles. The van der Waals surface area contributed by atoms with E-state index < -0.39 is 4.92 Å². The molecule has 0 bridgehead atoms. The molecule has 0 radical (unpaired) electrons. The summed E-state index contributed by atoms with van der Waals surface area (Å²) in [6, 6.07) is 9.09. The minimum atomic E-state index is -0.490. The summed E-state index contributed by atoms with van der Waals surface area (Å²) in [7, 11) is 1.43. The molecule has 5 nitrogen and oxygen atoms in total. The molecule has 0 atom stereocenters. The Morgan fingerprint density at radius 2 is 2.10 bits per heavy atom. The van der Waals surface area contributed by atoms with Crippen molar-refractivity contribution in [3.63, 3.8) is 0 Å². The van der Waals surface area contributed by atoms with E-state index in [1.807, 2.05) is 0 Å². The van der Waals surface area contributed by atoms with Gasteiger partial charge in [-0.15, -0.1) is 0 Å². The molecule has 1 N–H and O–H groups in total. The fourth-order valence-corrected chi connectivity index (χ4v) is 2.03. The van der Waals surface area contributed by atoms with Crippen molar-refractivity contribution in [2.45, 2.75) is 6.54 Å². The Morgan fingerprint density at radius 1 is 1.33 bits per heavy atom. The lowest BCUT2D eigenvalue weighted by Gasteiger charge is -2.11. The maximum absolute atomic E-state index is 13.4. The molecule has 0 aromatic heterocycles. The highest BCUT2D eigenvalue weighted by atomic mass is 79.9. The minimum absolute atomic E-state index is 0.0490. The van der Waals surface area contributed by atoms with Gasteiger partial charge in [-0.05, 0) is 39.7 Å². The van der Waals surface area contributed by atoms with Gasteiger partial charge in [0.2, 0.25) is 0 Å². The van der Waals surface area contributed by atoms with Crippen molar-refractivity contribution >= 4 is 27.3 Å². The summed E-state index contributed by atoms with van der Waals surface area (Å²) in [5.74, 6) is 0.0201. The van der Waals surface area contributed by atoms with Crippen LogP contribution in [-0.4, -0.2) is 12.0 Å². The highest BCUT2D eigenvalue weighted by molar-refractivity contribution is 9.10. The first-order valence-electron chi connectivity index (χ1n) is 6.01. The van der Waals surface area contributed by atoms with Crippen LogP contribution in [0.5, 0.6) is 5.75 Å². The SMILES string of the molecule is COc1cc([N+](=O)[O-])ccc1NCc1ccc(Br)c(F)c1. The van der Waals surface area contributed by atoms with Crippen LogP contribution >= 0.6 is 15.9 Å². The van der Waals surface area contributed by atoms with Gasteiger partial charge in [0, 0.05) is 12.6 Å². The zero-order chi connectivity index (χ0) is 15.4. The average Bonchev–Trinajstić information content (AvgIpc) is 2.48. The first-order valence-corrected chi connectivity index (χ1v) is 6.81. The first kappa shape index (κ1) is 15.2. The third kappa shape index (κ3) is 3.69. The Balaban J connectivity index is 2.15. The van der Waals surface area contributed by atoms with E-state index in [-0.39, 0.29) is 11.5 Å². The summed E-state index contributed by atoms with van der Waals surface area (Å²) in [5.41, 5.74) is 1.30. The number of hydrogen-bond acceptors (Lipinski definition) is 4. The molecule has 0 aliphatic carbocycles. The quantitative estimate of drug-likeness (QED) is 0.647. The van der Waals surface area contributed by atoms with Crippen LogP contribution in [0.3, 0.4) is 0 Å². The summed E-state index contributed by atoms with van der Waals surface area (Å²) >= 11 is 3.09. The van der Waals surface area contributed by atoms with Crippen LogP contribution in [0.25, 0.3) is 0 Å². The molecule has 2 aromatic carbocycles. The molecule has 0 saturated carbocycles. The number of non-ortho nitro benzene ring substituents is 1. The van der Waals surface area contributed by atoms with E-state index in [1.54, 1.807) is 18.2 Å². The smallest absolute Gasteiger partial charge is 0.273 e. The summed E-state index contributed by atoms with van der Waals surface area (Å²) in [5, 5.41) is 13.8. The van der Waals surface area contributed by atoms with Gasteiger partial charge in [-0.25, -0.2) is 4.39 Å². The van der Waals surface area contributed by atoms with E-state index in [0.29, 0.717) is 22.5 Å². The lowest BCUT2D eigenvalue weighted by Crippen LogP contribution is -2.02. The second-order valence-electron chi connectivity index (χ2n) is 4.24. The largest absolute Gasteiger partial charge is 0.494 e. The van der Waals surface area contributed by atoms with E-state index in [0.717, 1.165) is 5.56 Å². The van der Waals surface area contributed by atoms with Gasteiger partial charge in [0.15, 0.2) is 0 Å². The highest BCUT2D eigenvalue weighted by Crippen LogP contribution is 2.29. The van der Waals surface area contributed by atoms with E-state index in [1.165, 1.54) is 25.3 Å². The lowest BCUT2D eigenvalue weighted by atomic mass is 10.2. The van der Waals surface area contributed by atoms with E-state index in [9.17, 15) is 14.5 Å². The molecule has 0 aliphatic rings. The van der Waals surface area contributed by atoms with Crippen LogP contribution in [0.1, 0.15) is 5.56 Å². The second-order valence-corrected chi connectivity index (χ2v) is 5.10. The van der Waals surface area contributed by atoms with Gasteiger partial charge < -0.3 is 10.1 Å². The summed E-state index contributed by atoms with van der Waals surface area (Å²) < 4.78 is 18.9. The van der Waals surface area contributed by atoms with Crippen LogP contribution in [-0.2, 0) is 6.54 Å². The first-order chi connectivity index (χ1) is 10.0. The van der Waals surface area contributed by atoms with Crippen LogP contribution in [0.2, 0.25) is 0 Å². The summed E-state index contributed by atoms with van der Waals surface area (Å²) in [6.07, 6.45) is 0.